The Labute approximate surface area is 71.6 Å². The topological polar surface area (TPSA) is 30.0 Å². The number of hydrogen-bond acceptors (Lipinski definition) is 2. The first-order valence-corrected chi connectivity index (χ1v) is 3.59. The second-order valence-corrected chi connectivity index (χ2v) is 2.61. The van der Waals surface area contributed by atoms with E-state index >= 15 is 0 Å². The molecule has 0 radical (unpaired) electrons. The summed E-state index contributed by atoms with van der Waals surface area (Å²) in [5.41, 5.74) is 2.17. The van der Waals surface area contributed by atoms with E-state index < -0.39 is 0 Å². The zero-order chi connectivity index (χ0) is 9.14. The Hall–Kier alpha value is -1.62. The van der Waals surface area contributed by atoms with Crippen LogP contribution in [-0.4, -0.2) is 10.8 Å². The number of aromatic nitrogens is 1. The third-order valence-electron chi connectivity index (χ3n) is 1.47. The molecule has 0 aliphatic heterocycles. The first-order valence-electron chi connectivity index (χ1n) is 3.59. The number of Topliss-reactive ketones (excluding diaryl/α,β-unsaturated/α-hetero) is 1. The van der Waals surface area contributed by atoms with E-state index in [4.69, 9.17) is 6.42 Å². The van der Waals surface area contributed by atoms with Crippen molar-refractivity contribution >= 4 is 5.78 Å². The van der Waals surface area contributed by atoms with Gasteiger partial charge in [-0.2, -0.15) is 0 Å². The van der Waals surface area contributed by atoms with Crippen LogP contribution in [-0.2, 0) is 0 Å². The van der Waals surface area contributed by atoms with E-state index in [1.165, 1.54) is 0 Å². The third-order valence-corrected chi connectivity index (χ3v) is 1.47. The van der Waals surface area contributed by atoms with Gasteiger partial charge in [0.2, 0.25) is 5.78 Å². The Balaban J connectivity index is 3.19. The fourth-order valence-corrected chi connectivity index (χ4v) is 1.05. The quantitative estimate of drug-likeness (QED) is 0.353. The van der Waals surface area contributed by atoms with E-state index in [0.29, 0.717) is 5.56 Å². The van der Waals surface area contributed by atoms with Gasteiger partial charge in [-0.3, -0.25) is 9.78 Å². The van der Waals surface area contributed by atoms with Gasteiger partial charge in [0.1, 0.15) is 0 Å². The van der Waals surface area contributed by atoms with Crippen LogP contribution in [0.3, 0.4) is 0 Å². The number of terminal acetylenes is 1. The fourth-order valence-electron chi connectivity index (χ4n) is 1.05. The molecule has 0 aliphatic rings. The molecule has 0 atom stereocenters. The molecular formula is C10H9NO. The molecule has 60 valence electrons. The summed E-state index contributed by atoms with van der Waals surface area (Å²) in [6.45, 7) is 3.67. The van der Waals surface area contributed by atoms with Gasteiger partial charge in [-0.05, 0) is 31.9 Å². The van der Waals surface area contributed by atoms with Gasteiger partial charge in [-0.25, -0.2) is 0 Å². The van der Waals surface area contributed by atoms with Crippen molar-refractivity contribution in [3.05, 3.63) is 29.1 Å². The minimum Gasteiger partial charge on any atom is -0.279 e. The Bertz CT molecular complexity index is 340. The minimum absolute atomic E-state index is 0.288. The van der Waals surface area contributed by atoms with E-state index in [2.05, 4.69) is 10.9 Å². The lowest BCUT2D eigenvalue weighted by Gasteiger charge is -1.98. The molecule has 0 aliphatic carbocycles. The molecule has 2 heteroatoms. The molecule has 0 bridgehead atoms. The lowest BCUT2D eigenvalue weighted by molar-refractivity contribution is 0.105. The smallest absolute Gasteiger partial charge is 0.235 e. The monoisotopic (exact) mass is 159 g/mol. The van der Waals surface area contributed by atoms with E-state index in [-0.39, 0.29) is 5.78 Å². The van der Waals surface area contributed by atoms with Crippen LogP contribution in [0.5, 0.6) is 0 Å². The highest BCUT2D eigenvalue weighted by atomic mass is 16.1. The predicted molar refractivity (Wildman–Crippen MR) is 46.9 cm³/mol. The van der Waals surface area contributed by atoms with Gasteiger partial charge in [0, 0.05) is 17.0 Å². The molecule has 0 N–H and O–H groups in total. The number of carbonyl (C=O) groups excluding carboxylic acids is 1. The standard InChI is InChI=1S/C10H9NO/c1-4-10(12)9-5-7(2)11-8(3)6-9/h1,5-6H,2-3H3. The van der Waals surface area contributed by atoms with Gasteiger partial charge < -0.3 is 0 Å². The molecule has 0 aromatic carbocycles. The van der Waals surface area contributed by atoms with Crippen LogP contribution < -0.4 is 0 Å². The second kappa shape index (κ2) is 3.19. The molecule has 1 aromatic rings. The second-order valence-electron chi connectivity index (χ2n) is 2.61. The Kier molecular flexibility index (Phi) is 2.25. The SMILES string of the molecule is C#CC(=O)c1cc(C)nc(C)c1. The number of nitrogens with zero attached hydrogens (tertiary/aromatic N) is 1. The van der Waals surface area contributed by atoms with Gasteiger partial charge in [-0.15, -0.1) is 6.42 Å². The molecule has 0 spiro atoms. The highest BCUT2D eigenvalue weighted by molar-refractivity contribution is 6.08. The van der Waals surface area contributed by atoms with Crippen molar-refractivity contribution in [3.8, 4) is 12.3 Å². The van der Waals surface area contributed by atoms with E-state index in [9.17, 15) is 4.79 Å². The highest BCUT2D eigenvalue weighted by Gasteiger charge is 2.02. The predicted octanol–water partition coefficient (Wildman–Crippen LogP) is 1.51. The van der Waals surface area contributed by atoms with E-state index in [1.54, 1.807) is 12.1 Å². The van der Waals surface area contributed by atoms with Crippen LogP contribution in [0.15, 0.2) is 12.1 Å². The average molecular weight is 159 g/mol. The minimum atomic E-state index is -0.288. The van der Waals surface area contributed by atoms with Crippen LogP contribution in [0.1, 0.15) is 21.7 Å². The summed E-state index contributed by atoms with van der Waals surface area (Å²) in [5.74, 6) is 1.78. The summed E-state index contributed by atoms with van der Waals surface area (Å²) in [6, 6.07) is 3.38. The maximum Gasteiger partial charge on any atom is 0.235 e. The fraction of sp³-hybridized carbons (Fsp3) is 0.200. The number of aryl methyl sites for hydroxylation is 2. The van der Waals surface area contributed by atoms with Crippen LogP contribution in [0.4, 0.5) is 0 Å². The summed E-state index contributed by atoms with van der Waals surface area (Å²) in [6.07, 6.45) is 4.98. The van der Waals surface area contributed by atoms with Gasteiger partial charge in [0.25, 0.3) is 0 Å². The van der Waals surface area contributed by atoms with Crippen LogP contribution >= 0.6 is 0 Å². The maximum atomic E-state index is 11.1. The largest absolute Gasteiger partial charge is 0.279 e. The molecule has 1 aromatic heterocycles. The molecule has 0 unspecified atom stereocenters. The lowest BCUT2D eigenvalue weighted by atomic mass is 10.1. The van der Waals surface area contributed by atoms with Gasteiger partial charge >= 0.3 is 0 Å². The molecular weight excluding hydrogens is 150 g/mol. The zero-order valence-corrected chi connectivity index (χ0v) is 7.09. The molecule has 2 nitrogen and oxygen atoms in total. The number of hydrogen-bond donors (Lipinski definition) is 0. The van der Waals surface area contributed by atoms with E-state index in [0.717, 1.165) is 11.4 Å². The number of pyridine rings is 1. The molecule has 12 heavy (non-hydrogen) atoms. The Morgan fingerprint density at radius 3 is 2.33 bits per heavy atom. The highest BCUT2D eigenvalue weighted by Crippen LogP contribution is 2.04. The summed E-state index contributed by atoms with van der Waals surface area (Å²) < 4.78 is 0. The van der Waals surface area contributed by atoms with Gasteiger partial charge in [-0.1, -0.05) is 0 Å². The normalized spacial score (nSPS) is 9.08. The van der Waals surface area contributed by atoms with Crippen molar-refractivity contribution in [2.45, 2.75) is 13.8 Å². The van der Waals surface area contributed by atoms with Gasteiger partial charge in [0.05, 0.1) is 0 Å². The molecule has 1 rings (SSSR count). The number of rotatable bonds is 1. The number of carbonyl (C=O) groups is 1. The molecule has 1 heterocycles. The van der Waals surface area contributed by atoms with Crippen molar-refractivity contribution in [2.75, 3.05) is 0 Å². The van der Waals surface area contributed by atoms with Crippen LogP contribution in [0, 0.1) is 26.2 Å². The van der Waals surface area contributed by atoms with Crippen molar-refractivity contribution in [2.24, 2.45) is 0 Å². The lowest BCUT2D eigenvalue weighted by Crippen LogP contribution is -1.98. The van der Waals surface area contributed by atoms with Gasteiger partial charge in [0.15, 0.2) is 0 Å². The Morgan fingerprint density at radius 1 is 1.42 bits per heavy atom. The molecule has 0 saturated carbocycles. The maximum absolute atomic E-state index is 11.1. The third kappa shape index (κ3) is 1.70. The van der Waals surface area contributed by atoms with Crippen molar-refractivity contribution < 1.29 is 4.79 Å². The van der Waals surface area contributed by atoms with Crippen molar-refractivity contribution in [3.63, 3.8) is 0 Å². The molecule has 0 saturated heterocycles. The summed E-state index contributed by atoms with van der Waals surface area (Å²) in [4.78, 5) is 15.2. The summed E-state index contributed by atoms with van der Waals surface area (Å²) in [7, 11) is 0. The van der Waals surface area contributed by atoms with E-state index in [1.807, 2.05) is 13.8 Å². The zero-order valence-electron chi connectivity index (χ0n) is 7.09. The Morgan fingerprint density at radius 2 is 1.92 bits per heavy atom. The molecule has 0 fully saturated rings. The average Bonchev–Trinajstić information content (AvgIpc) is 2.01. The van der Waals surface area contributed by atoms with Crippen molar-refractivity contribution in [1.82, 2.24) is 4.98 Å². The first-order chi connectivity index (χ1) is 5.63. The first kappa shape index (κ1) is 8.48. The van der Waals surface area contributed by atoms with Crippen LogP contribution in [0.2, 0.25) is 0 Å². The number of ketones is 1. The summed E-state index contributed by atoms with van der Waals surface area (Å²) in [5, 5.41) is 0. The molecule has 0 amide bonds. The van der Waals surface area contributed by atoms with Crippen molar-refractivity contribution in [1.29, 1.82) is 0 Å². The van der Waals surface area contributed by atoms with Crippen LogP contribution in [0.25, 0.3) is 0 Å². The summed E-state index contributed by atoms with van der Waals surface area (Å²) >= 11 is 0.